The van der Waals surface area contributed by atoms with E-state index in [1.807, 2.05) is 13.8 Å². The van der Waals surface area contributed by atoms with Crippen molar-refractivity contribution in [2.24, 2.45) is 23.5 Å². The van der Waals surface area contributed by atoms with Crippen LogP contribution in [0.4, 0.5) is 10.1 Å². The molecule has 2 aliphatic carbocycles. The number of nitrogens with zero attached hydrogens (tertiary/aromatic N) is 3. The molecule has 0 bridgehead atoms. The third-order valence-corrected chi connectivity index (χ3v) is 7.27. The zero-order valence-corrected chi connectivity index (χ0v) is 22.1. The summed E-state index contributed by atoms with van der Waals surface area (Å²) >= 11 is 0. The maximum absolute atomic E-state index is 15.0. The van der Waals surface area contributed by atoms with Crippen LogP contribution < -0.4 is 16.4 Å². The van der Waals surface area contributed by atoms with Crippen molar-refractivity contribution in [3.8, 4) is 0 Å². The first-order chi connectivity index (χ1) is 17.4. The largest absolute Gasteiger partial charge is 0.402 e. The third kappa shape index (κ3) is 5.42. The number of rotatable bonds is 10. The summed E-state index contributed by atoms with van der Waals surface area (Å²) in [5.41, 5.74) is 5.73. The molecule has 2 amide bonds. The van der Waals surface area contributed by atoms with E-state index in [2.05, 4.69) is 20.7 Å². The number of carbonyl (C=O) groups is 2. The number of allylic oxidation sites excluding steroid dienone is 2. The number of hydrogen-bond donors (Lipinski definition) is 4. The van der Waals surface area contributed by atoms with Crippen LogP contribution in [-0.4, -0.2) is 37.8 Å². The molecule has 9 nitrogen and oxygen atoms in total. The lowest BCUT2D eigenvalue weighted by Gasteiger charge is -2.38. The zero-order valence-electron chi connectivity index (χ0n) is 22.1. The highest BCUT2D eigenvalue weighted by Gasteiger charge is 2.55. The molecule has 2 aromatic heterocycles. The van der Waals surface area contributed by atoms with Crippen molar-refractivity contribution in [3.05, 3.63) is 47.4 Å². The maximum atomic E-state index is 15.0. The summed E-state index contributed by atoms with van der Waals surface area (Å²) in [6, 6.07) is 2.79. The van der Waals surface area contributed by atoms with Gasteiger partial charge in [0.05, 0.1) is 11.9 Å². The number of amides is 2. The molecular weight excluding hydrogens is 473 g/mol. The fourth-order valence-electron chi connectivity index (χ4n) is 5.35. The van der Waals surface area contributed by atoms with Crippen LogP contribution in [-0.2, 0) is 4.79 Å². The van der Waals surface area contributed by atoms with E-state index in [1.54, 1.807) is 30.8 Å². The monoisotopic (exact) mass is 509 g/mol. The van der Waals surface area contributed by atoms with Crippen LogP contribution in [0.3, 0.4) is 0 Å². The summed E-state index contributed by atoms with van der Waals surface area (Å²) < 4.78 is 16.7. The lowest BCUT2D eigenvalue weighted by atomic mass is 9.77. The van der Waals surface area contributed by atoms with Gasteiger partial charge < -0.3 is 21.8 Å². The molecule has 10 heteroatoms. The lowest BCUT2D eigenvalue weighted by molar-refractivity contribution is -0.124. The number of aromatic nitrogens is 3. The maximum Gasteiger partial charge on any atom is 0.270 e. The van der Waals surface area contributed by atoms with Gasteiger partial charge >= 0.3 is 0 Å². The van der Waals surface area contributed by atoms with Gasteiger partial charge in [-0.15, -0.1) is 0 Å². The fourth-order valence-corrected chi connectivity index (χ4v) is 5.35. The Morgan fingerprint density at radius 3 is 2.32 bits per heavy atom. The molecule has 0 aliphatic heterocycles. The Morgan fingerprint density at radius 1 is 1.22 bits per heavy atom. The standard InChI is InChI=1S/C27H36FN7O2/c1-14(2)35-21(10-11-32-35)25(36)34-27(5,23(17-6-7-17)18-8-9-18)26(37)33-19-12-20(28)24(31-13-19)22(15(3)29)16(4)30/h10-14,17-18,23,29H,6-9,30H2,1-5H3,(H,33,37)(H,34,36)/b22-16+,29-15?. The molecule has 2 aromatic rings. The number of nitrogens with one attached hydrogen (secondary N) is 3. The number of carbonyl (C=O) groups excluding carboxylic acids is 2. The smallest absolute Gasteiger partial charge is 0.270 e. The van der Waals surface area contributed by atoms with Gasteiger partial charge in [-0.3, -0.25) is 19.3 Å². The summed E-state index contributed by atoms with van der Waals surface area (Å²) in [7, 11) is 0. The van der Waals surface area contributed by atoms with E-state index >= 15 is 4.39 Å². The van der Waals surface area contributed by atoms with Gasteiger partial charge in [0.25, 0.3) is 5.91 Å². The first-order valence-electron chi connectivity index (χ1n) is 12.8. The van der Waals surface area contributed by atoms with Crippen LogP contribution in [0, 0.1) is 29.0 Å². The topological polar surface area (TPSA) is 139 Å². The molecule has 0 radical (unpaired) electrons. The summed E-state index contributed by atoms with van der Waals surface area (Å²) in [6.45, 7) is 8.74. The number of anilines is 1. The molecule has 0 aromatic carbocycles. The molecule has 1 atom stereocenters. The lowest BCUT2D eigenvalue weighted by Crippen LogP contribution is -2.60. The van der Waals surface area contributed by atoms with E-state index in [-0.39, 0.29) is 46.2 Å². The van der Waals surface area contributed by atoms with Crippen molar-refractivity contribution >= 4 is 28.8 Å². The van der Waals surface area contributed by atoms with Gasteiger partial charge in [0.2, 0.25) is 5.91 Å². The molecule has 4 rings (SSSR count). The fraction of sp³-hybridized carbons (Fsp3) is 0.519. The Morgan fingerprint density at radius 2 is 1.84 bits per heavy atom. The average Bonchev–Trinajstić information content (AvgIpc) is 3.75. The van der Waals surface area contributed by atoms with E-state index in [9.17, 15) is 9.59 Å². The van der Waals surface area contributed by atoms with Crippen LogP contribution in [0.5, 0.6) is 0 Å². The molecule has 37 heavy (non-hydrogen) atoms. The number of halogens is 1. The number of pyridine rings is 1. The van der Waals surface area contributed by atoms with Crippen LogP contribution in [0.25, 0.3) is 5.57 Å². The van der Waals surface area contributed by atoms with Gasteiger partial charge in [-0.05, 0) is 84.1 Å². The molecule has 2 saturated carbocycles. The highest BCUT2D eigenvalue weighted by molar-refractivity contribution is 6.21. The van der Waals surface area contributed by atoms with Crippen molar-refractivity contribution in [2.75, 3.05) is 5.32 Å². The average molecular weight is 510 g/mol. The molecule has 0 spiro atoms. The second-order valence-electron chi connectivity index (χ2n) is 10.8. The van der Waals surface area contributed by atoms with E-state index in [0.29, 0.717) is 17.5 Å². The van der Waals surface area contributed by atoms with Gasteiger partial charge in [-0.2, -0.15) is 5.10 Å². The second-order valence-corrected chi connectivity index (χ2v) is 10.8. The third-order valence-electron chi connectivity index (χ3n) is 7.27. The molecular formula is C27H36FN7O2. The van der Waals surface area contributed by atoms with Gasteiger partial charge in [0.15, 0.2) is 5.82 Å². The van der Waals surface area contributed by atoms with Gasteiger partial charge in [-0.1, -0.05) is 0 Å². The Balaban J connectivity index is 1.64. The van der Waals surface area contributed by atoms with Crippen LogP contribution in [0.1, 0.15) is 82.5 Å². The minimum absolute atomic E-state index is 0.0215. The quantitative estimate of drug-likeness (QED) is 0.354. The molecule has 1 unspecified atom stereocenters. The van der Waals surface area contributed by atoms with E-state index in [4.69, 9.17) is 11.1 Å². The van der Waals surface area contributed by atoms with Gasteiger partial charge in [0, 0.05) is 35.3 Å². The second kappa shape index (κ2) is 10.1. The molecule has 0 saturated heterocycles. The van der Waals surface area contributed by atoms with Crippen molar-refractivity contribution in [1.29, 1.82) is 5.41 Å². The molecule has 2 heterocycles. The van der Waals surface area contributed by atoms with Crippen molar-refractivity contribution in [3.63, 3.8) is 0 Å². The Bertz CT molecular complexity index is 1240. The van der Waals surface area contributed by atoms with E-state index in [1.165, 1.54) is 19.2 Å². The minimum Gasteiger partial charge on any atom is -0.402 e. The zero-order chi connectivity index (χ0) is 27.1. The van der Waals surface area contributed by atoms with E-state index in [0.717, 1.165) is 25.7 Å². The van der Waals surface area contributed by atoms with Gasteiger partial charge in [0.1, 0.15) is 16.9 Å². The number of hydrogen-bond acceptors (Lipinski definition) is 6. The summed E-state index contributed by atoms with van der Waals surface area (Å²) in [4.78, 5) is 31.4. The first kappa shape index (κ1) is 26.5. The molecule has 2 aliphatic rings. The van der Waals surface area contributed by atoms with Crippen molar-refractivity contribution < 1.29 is 14.0 Å². The van der Waals surface area contributed by atoms with Gasteiger partial charge in [-0.25, -0.2) is 4.39 Å². The predicted octanol–water partition coefficient (Wildman–Crippen LogP) is 4.29. The van der Waals surface area contributed by atoms with Crippen molar-refractivity contribution in [1.82, 2.24) is 20.1 Å². The molecule has 198 valence electrons. The van der Waals surface area contributed by atoms with Crippen LogP contribution >= 0.6 is 0 Å². The first-order valence-corrected chi connectivity index (χ1v) is 12.8. The van der Waals surface area contributed by atoms with Crippen LogP contribution in [0.15, 0.2) is 30.2 Å². The summed E-state index contributed by atoms with van der Waals surface area (Å²) in [5.74, 6) is -0.804. The van der Waals surface area contributed by atoms with Crippen molar-refractivity contribution in [2.45, 2.75) is 71.9 Å². The Labute approximate surface area is 216 Å². The normalized spacial score (nSPS) is 17.8. The Hall–Kier alpha value is -3.56. The molecule has 5 N–H and O–H groups in total. The SMILES string of the molecule is CC(=N)/C(=C(/C)N)c1ncc(NC(=O)C(C)(NC(=O)c2ccnn2C(C)C)C(C2CC2)C2CC2)cc1F. The predicted molar refractivity (Wildman–Crippen MR) is 140 cm³/mol. The summed E-state index contributed by atoms with van der Waals surface area (Å²) in [6.07, 6.45) is 7.00. The highest BCUT2D eigenvalue weighted by Crippen LogP contribution is 2.53. The number of nitrogens with two attached hydrogens (primary N) is 1. The Kier molecular flexibility index (Phi) is 7.21. The highest BCUT2D eigenvalue weighted by atomic mass is 19.1. The summed E-state index contributed by atoms with van der Waals surface area (Å²) in [5, 5.41) is 18.0. The molecule has 2 fully saturated rings. The van der Waals surface area contributed by atoms with E-state index < -0.39 is 17.3 Å². The minimum atomic E-state index is -1.22. The van der Waals surface area contributed by atoms with Crippen LogP contribution in [0.2, 0.25) is 0 Å².